The molecule has 0 atom stereocenters. The Labute approximate surface area is 129 Å². The summed E-state index contributed by atoms with van der Waals surface area (Å²) < 4.78 is 0. The van der Waals surface area contributed by atoms with Crippen molar-refractivity contribution in [3.63, 3.8) is 0 Å². The van der Waals surface area contributed by atoms with Crippen LogP contribution in [0.1, 0.15) is 58.1 Å². The normalized spacial score (nSPS) is 15.6. The lowest BCUT2D eigenvalue weighted by Crippen LogP contribution is -2.24. The van der Waals surface area contributed by atoms with E-state index in [1.54, 1.807) is 0 Å². The van der Waals surface area contributed by atoms with Crippen LogP contribution in [0.4, 0.5) is 0 Å². The van der Waals surface area contributed by atoms with E-state index in [0.717, 1.165) is 0 Å². The molecule has 0 unspecified atom stereocenters. The molecule has 110 valence electrons. The standard InChI is InChI=1S/C21H26/c1-5-20(2,3)14-15-21(4)18-12-8-6-10-16(18)17-11-7-9-13-19(17)21/h6-13H,5,14-15H2,1-4H3. The van der Waals surface area contributed by atoms with E-state index in [0.29, 0.717) is 5.41 Å². The van der Waals surface area contributed by atoms with Gasteiger partial charge in [0.2, 0.25) is 0 Å². The smallest absolute Gasteiger partial charge is 0.0187 e. The Balaban J connectivity index is 2.05. The van der Waals surface area contributed by atoms with E-state index in [2.05, 4.69) is 76.2 Å². The fraction of sp³-hybridized carbons (Fsp3) is 0.429. The predicted molar refractivity (Wildman–Crippen MR) is 91.6 cm³/mol. The van der Waals surface area contributed by atoms with Crippen LogP contribution >= 0.6 is 0 Å². The van der Waals surface area contributed by atoms with Crippen LogP contribution < -0.4 is 0 Å². The number of hydrogen-bond donors (Lipinski definition) is 0. The van der Waals surface area contributed by atoms with Crippen LogP contribution in [0.5, 0.6) is 0 Å². The summed E-state index contributed by atoms with van der Waals surface area (Å²) in [4.78, 5) is 0. The van der Waals surface area contributed by atoms with E-state index in [4.69, 9.17) is 0 Å². The molecule has 0 bridgehead atoms. The summed E-state index contributed by atoms with van der Waals surface area (Å²) >= 11 is 0. The van der Waals surface area contributed by atoms with Gasteiger partial charge in [-0.3, -0.25) is 0 Å². The second kappa shape index (κ2) is 5.02. The summed E-state index contributed by atoms with van der Waals surface area (Å²) in [6, 6.07) is 17.9. The van der Waals surface area contributed by atoms with Crippen molar-refractivity contribution in [1.29, 1.82) is 0 Å². The topological polar surface area (TPSA) is 0 Å². The van der Waals surface area contributed by atoms with E-state index < -0.39 is 0 Å². The minimum absolute atomic E-state index is 0.166. The van der Waals surface area contributed by atoms with Crippen molar-refractivity contribution in [2.24, 2.45) is 5.41 Å². The lowest BCUT2D eigenvalue weighted by atomic mass is 9.72. The van der Waals surface area contributed by atoms with Crippen molar-refractivity contribution in [2.45, 2.75) is 52.4 Å². The van der Waals surface area contributed by atoms with E-state index in [9.17, 15) is 0 Å². The Morgan fingerprint density at radius 1 is 0.857 bits per heavy atom. The molecule has 0 radical (unpaired) electrons. The van der Waals surface area contributed by atoms with Gasteiger partial charge in [0, 0.05) is 5.41 Å². The van der Waals surface area contributed by atoms with Crippen LogP contribution in [0.2, 0.25) is 0 Å². The van der Waals surface area contributed by atoms with Crippen LogP contribution in [0.25, 0.3) is 11.1 Å². The highest BCUT2D eigenvalue weighted by molar-refractivity contribution is 5.80. The Bertz CT molecular complexity index is 603. The zero-order valence-electron chi connectivity index (χ0n) is 13.7. The highest BCUT2D eigenvalue weighted by atomic mass is 14.4. The lowest BCUT2D eigenvalue weighted by Gasteiger charge is -2.32. The molecule has 0 N–H and O–H groups in total. The maximum Gasteiger partial charge on any atom is 0.0187 e. The first-order chi connectivity index (χ1) is 9.98. The second-order valence-electron chi connectivity index (χ2n) is 7.44. The van der Waals surface area contributed by atoms with Crippen molar-refractivity contribution >= 4 is 0 Å². The first-order valence-corrected chi connectivity index (χ1v) is 8.17. The lowest BCUT2D eigenvalue weighted by molar-refractivity contribution is 0.286. The van der Waals surface area contributed by atoms with Gasteiger partial charge in [-0.15, -0.1) is 0 Å². The monoisotopic (exact) mass is 278 g/mol. The highest BCUT2D eigenvalue weighted by Gasteiger charge is 2.39. The largest absolute Gasteiger partial charge is 0.0649 e. The average Bonchev–Trinajstić information content (AvgIpc) is 2.77. The van der Waals surface area contributed by atoms with Gasteiger partial charge in [-0.2, -0.15) is 0 Å². The van der Waals surface area contributed by atoms with Crippen LogP contribution in [-0.2, 0) is 5.41 Å². The summed E-state index contributed by atoms with van der Waals surface area (Å²) in [6.07, 6.45) is 3.73. The van der Waals surface area contributed by atoms with Gasteiger partial charge in [0.25, 0.3) is 0 Å². The summed E-state index contributed by atoms with van der Waals surface area (Å²) in [5.41, 5.74) is 6.49. The molecule has 21 heavy (non-hydrogen) atoms. The maximum atomic E-state index is 2.43. The quantitative estimate of drug-likeness (QED) is 0.625. The number of fused-ring (bicyclic) bond motifs is 3. The van der Waals surface area contributed by atoms with Crippen molar-refractivity contribution < 1.29 is 0 Å². The van der Waals surface area contributed by atoms with Crippen LogP contribution in [0.3, 0.4) is 0 Å². The molecule has 1 aliphatic rings. The molecule has 0 saturated heterocycles. The van der Waals surface area contributed by atoms with E-state index in [1.807, 2.05) is 0 Å². The molecule has 2 aromatic carbocycles. The molecular weight excluding hydrogens is 252 g/mol. The van der Waals surface area contributed by atoms with Gasteiger partial charge in [-0.25, -0.2) is 0 Å². The molecule has 0 aliphatic heterocycles. The number of benzene rings is 2. The van der Waals surface area contributed by atoms with Crippen LogP contribution in [-0.4, -0.2) is 0 Å². The Morgan fingerprint density at radius 3 is 1.81 bits per heavy atom. The Morgan fingerprint density at radius 2 is 1.33 bits per heavy atom. The zero-order valence-corrected chi connectivity index (χ0v) is 13.7. The maximum absolute atomic E-state index is 2.43. The molecule has 0 heterocycles. The van der Waals surface area contributed by atoms with Crippen molar-refractivity contribution in [1.82, 2.24) is 0 Å². The van der Waals surface area contributed by atoms with Crippen molar-refractivity contribution in [3.05, 3.63) is 59.7 Å². The third kappa shape index (κ3) is 2.31. The van der Waals surface area contributed by atoms with Crippen LogP contribution in [0.15, 0.2) is 48.5 Å². The number of hydrogen-bond acceptors (Lipinski definition) is 0. The summed E-state index contributed by atoms with van der Waals surface area (Å²) in [5.74, 6) is 0. The first kappa shape index (κ1) is 14.4. The fourth-order valence-electron chi connectivity index (χ4n) is 3.58. The molecule has 0 amide bonds. The molecule has 0 aromatic heterocycles. The van der Waals surface area contributed by atoms with E-state index >= 15 is 0 Å². The SMILES string of the molecule is CCC(C)(C)CCC1(C)c2ccccc2-c2ccccc21. The molecule has 0 fully saturated rings. The van der Waals surface area contributed by atoms with E-state index in [1.165, 1.54) is 41.5 Å². The van der Waals surface area contributed by atoms with Crippen LogP contribution in [0, 0.1) is 5.41 Å². The average molecular weight is 278 g/mol. The zero-order chi connectivity index (χ0) is 15.1. The Kier molecular flexibility index (Phi) is 3.43. The summed E-state index contributed by atoms with van der Waals surface area (Å²) in [7, 11) is 0. The number of rotatable bonds is 4. The van der Waals surface area contributed by atoms with Gasteiger partial charge in [0.15, 0.2) is 0 Å². The molecular formula is C21H26. The minimum atomic E-state index is 0.166. The van der Waals surface area contributed by atoms with Gasteiger partial charge in [-0.05, 0) is 40.5 Å². The molecule has 1 aliphatic carbocycles. The molecule has 0 spiro atoms. The summed E-state index contributed by atoms with van der Waals surface area (Å²) in [6.45, 7) is 9.52. The Hall–Kier alpha value is -1.56. The molecule has 0 saturated carbocycles. The highest BCUT2D eigenvalue weighted by Crippen LogP contribution is 2.51. The third-order valence-electron chi connectivity index (χ3n) is 5.59. The molecule has 0 heteroatoms. The molecule has 2 aromatic rings. The predicted octanol–water partition coefficient (Wildman–Crippen LogP) is 6.19. The van der Waals surface area contributed by atoms with E-state index in [-0.39, 0.29) is 5.41 Å². The van der Waals surface area contributed by atoms with Gasteiger partial charge in [0.05, 0.1) is 0 Å². The third-order valence-corrected chi connectivity index (χ3v) is 5.59. The first-order valence-electron chi connectivity index (χ1n) is 8.17. The van der Waals surface area contributed by atoms with Gasteiger partial charge in [-0.1, -0.05) is 82.6 Å². The minimum Gasteiger partial charge on any atom is -0.0649 e. The summed E-state index contributed by atoms with van der Waals surface area (Å²) in [5, 5.41) is 0. The van der Waals surface area contributed by atoms with Gasteiger partial charge < -0.3 is 0 Å². The molecule has 0 nitrogen and oxygen atoms in total. The van der Waals surface area contributed by atoms with Crippen molar-refractivity contribution in [3.8, 4) is 11.1 Å². The molecule has 3 rings (SSSR count). The van der Waals surface area contributed by atoms with Gasteiger partial charge >= 0.3 is 0 Å². The fourth-order valence-corrected chi connectivity index (χ4v) is 3.58. The van der Waals surface area contributed by atoms with Gasteiger partial charge in [0.1, 0.15) is 0 Å². The van der Waals surface area contributed by atoms with Crippen molar-refractivity contribution in [2.75, 3.05) is 0 Å². The second-order valence-corrected chi connectivity index (χ2v) is 7.44.